The first kappa shape index (κ1) is 13.0. The molecule has 1 aromatic rings. The summed E-state index contributed by atoms with van der Waals surface area (Å²) < 4.78 is 18.5. The molecule has 88 valence electrons. The Morgan fingerprint density at radius 2 is 2.31 bits per heavy atom. The molecule has 1 atom stereocenters. The number of carbonyl (C=O) groups is 1. The third kappa shape index (κ3) is 3.20. The number of halogens is 2. The zero-order chi connectivity index (χ0) is 12.1. The standard InChI is InChI=1S/C11H13BrFNO2/c1-7(14-11(15)6-12)9-4-3-8(16-2)5-10(9)13/h3-5,7H,6H2,1-2H3,(H,14,15)/t7-/m0/s1. The Kier molecular flexibility index (Phi) is 4.73. The van der Waals surface area contributed by atoms with Gasteiger partial charge in [0.15, 0.2) is 0 Å². The first-order valence-electron chi connectivity index (χ1n) is 4.77. The van der Waals surface area contributed by atoms with Gasteiger partial charge in [-0.1, -0.05) is 22.0 Å². The quantitative estimate of drug-likeness (QED) is 0.865. The van der Waals surface area contributed by atoms with Crippen LogP contribution in [-0.4, -0.2) is 18.3 Å². The molecule has 0 saturated heterocycles. The Hall–Kier alpha value is -1.10. The van der Waals surface area contributed by atoms with Crippen LogP contribution in [0.2, 0.25) is 0 Å². The molecule has 0 aliphatic heterocycles. The van der Waals surface area contributed by atoms with Crippen molar-refractivity contribution in [3.63, 3.8) is 0 Å². The Morgan fingerprint density at radius 1 is 1.62 bits per heavy atom. The number of amides is 1. The van der Waals surface area contributed by atoms with Gasteiger partial charge < -0.3 is 10.1 Å². The van der Waals surface area contributed by atoms with Gasteiger partial charge in [-0.3, -0.25) is 4.79 Å². The van der Waals surface area contributed by atoms with Gasteiger partial charge in [-0.15, -0.1) is 0 Å². The summed E-state index contributed by atoms with van der Waals surface area (Å²) in [7, 11) is 1.48. The molecule has 0 fully saturated rings. The maximum absolute atomic E-state index is 13.6. The predicted molar refractivity (Wildman–Crippen MR) is 63.3 cm³/mol. The average molecular weight is 290 g/mol. The van der Waals surface area contributed by atoms with Gasteiger partial charge in [-0.05, 0) is 13.0 Å². The van der Waals surface area contributed by atoms with Gasteiger partial charge in [0.05, 0.1) is 18.5 Å². The highest BCUT2D eigenvalue weighted by molar-refractivity contribution is 9.09. The van der Waals surface area contributed by atoms with Crippen molar-refractivity contribution in [3.8, 4) is 5.75 Å². The monoisotopic (exact) mass is 289 g/mol. The molecule has 0 radical (unpaired) electrons. The largest absolute Gasteiger partial charge is 0.497 e. The maximum Gasteiger partial charge on any atom is 0.231 e. The number of methoxy groups -OCH3 is 1. The summed E-state index contributed by atoms with van der Waals surface area (Å²) in [5.41, 5.74) is 0.440. The summed E-state index contributed by atoms with van der Waals surface area (Å²) in [4.78, 5) is 11.1. The summed E-state index contributed by atoms with van der Waals surface area (Å²) in [6.45, 7) is 1.73. The molecule has 0 aliphatic carbocycles. The van der Waals surface area contributed by atoms with Crippen molar-refractivity contribution in [2.45, 2.75) is 13.0 Å². The van der Waals surface area contributed by atoms with Crippen LogP contribution in [0.5, 0.6) is 5.75 Å². The SMILES string of the molecule is COc1ccc([C@H](C)NC(=O)CBr)c(F)c1. The van der Waals surface area contributed by atoms with Crippen molar-refractivity contribution >= 4 is 21.8 Å². The van der Waals surface area contributed by atoms with Crippen LogP contribution < -0.4 is 10.1 Å². The average Bonchev–Trinajstić information content (AvgIpc) is 2.28. The summed E-state index contributed by atoms with van der Waals surface area (Å²) >= 11 is 3.03. The van der Waals surface area contributed by atoms with E-state index in [2.05, 4.69) is 21.2 Å². The maximum atomic E-state index is 13.6. The normalized spacial score (nSPS) is 12.0. The molecule has 5 heteroatoms. The summed E-state index contributed by atoms with van der Waals surface area (Å²) in [5, 5.41) is 2.86. The zero-order valence-corrected chi connectivity index (χ0v) is 10.7. The second kappa shape index (κ2) is 5.84. The van der Waals surface area contributed by atoms with Crippen LogP contribution in [0.25, 0.3) is 0 Å². The van der Waals surface area contributed by atoms with E-state index in [-0.39, 0.29) is 23.1 Å². The summed E-state index contributed by atoms with van der Waals surface area (Å²) in [5.74, 6) is -0.107. The Balaban J connectivity index is 2.83. The third-order valence-electron chi connectivity index (χ3n) is 2.17. The van der Waals surface area contributed by atoms with Crippen LogP contribution in [0.15, 0.2) is 18.2 Å². The molecule has 0 saturated carbocycles. The highest BCUT2D eigenvalue weighted by Gasteiger charge is 2.13. The van der Waals surface area contributed by atoms with E-state index in [1.807, 2.05) is 0 Å². The topological polar surface area (TPSA) is 38.3 Å². The minimum Gasteiger partial charge on any atom is -0.497 e. The lowest BCUT2D eigenvalue weighted by Gasteiger charge is -2.14. The summed E-state index contributed by atoms with van der Waals surface area (Å²) in [6, 6.07) is 4.20. The number of hydrogen-bond donors (Lipinski definition) is 1. The molecule has 0 bridgehead atoms. The third-order valence-corrected chi connectivity index (χ3v) is 2.68. The first-order valence-corrected chi connectivity index (χ1v) is 5.89. The minimum atomic E-state index is -0.387. The van der Waals surface area contributed by atoms with Crippen molar-refractivity contribution in [2.75, 3.05) is 12.4 Å². The number of nitrogens with one attached hydrogen (secondary N) is 1. The van der Waals surface area contributed by atoms with E-state index < -0.39 is 0 Å². The van der Waals surface area contributed by atoms with Gasteiger partial charge in [-0.2, -0.15) is 0 Å². The fraction of sp³-hybridized carbons (Fsp3) is 0.364. The molecule has 0 spiro atoms. The van der Waals surface area contributed by atoms with Gasteiger partial charge in [0, 0.05) is 11.6 Å². The molecule has 1 N–H and O–H groups in total. The highest BCUT2D eigenvalue weighted by atomic mass is 79.9. The lowest BCUT2D eigenvalue weighted by Crippen LogP contribution is -2.27. The smallest absolute Gasteiger partial charge is 0.231 e. The number of alkyl halides is 1. The van der Waals surface area contributed by atoms with Crippen molar-refractivity contribution in [1.29, 1.82) is 0 Å². The number of hydrogen-bond acceptors (Lipinski definition) is 2. The number of rotatable bonds is 4. The van der Waals surface area contributed by atoms with E-state index >= 15 is 0 Å². The van der Waals surface area contributed by atoms with Gasteiger partial charge in [-0.25, -0.2) is 4.39 Å². The molecule has 3 nitrogen and oxygen atoms in total. The lowest BCUT2D eigenvalue weighted by atomic mass is 10.1. The number of carbonyl (C=O) groups excluding carboxylic acids is 1. The van der Waals surface area contributed by atoms with Gasteiger partial charge in [0.25, 0.3) is 0 Å². The molecule has 1 amide bonds. The molecule has 1 rings (SSSR count). The van der Waals surface area contributed by atoms with Crippen molar-refractivity contribution < 1.29 is 13.9 Å². The van der Waals surface area contributed by atoms with E-state index in [9.17, 15) is 9.18 Å². The van der Waals surface area contributed by atoms with E-state index in [1.54, 1.807) is 19.1 Å². The fourth-order valence-electron chi connectivity index (χ4n) is 1.34. The minimum absolute atomic E-state index is 0.178. The first-order chi connectivity index (χ1) is 7.58. The zero-order valence-electron chi connectivity index (χ0n) is 9.09. The van der Waals surface area contributed by atoms with Crippen molar-refractivity contribution in [3.05, 3.63) is 29.6 Å². The second-order valence-electron chi connectivity index (χ2n) is 3.31. The second-order valence-corrected chi connectivity index (χ2v) is 3.87. The van der Waals surface area contributed by atoms with Crippen LogP contribution in [0, 0.1) is 5.82 Å². The van der Waals surface area contributed by atoms with E-state index in [0.717, 1.165) is 0 Å². The predicted octanol–water partition coefficient (Wildman–Crippen LogP) is 2.41. The Bertz CT molecular complexity index is 384. The number of ether oxygens (including phenoxy) is 1. The van der Waals surface area contributed by atoms with E-state index in [0.29, 0.717) is 11.3 Å². The van der Waals surface area contributed by atoms with Gasteiger partial charge in [0.1, 0.15) is 11.6 Å². The van der Waals surface area contributed by atoms with E-state index in [4.69, 9.17) is 4.74 Å². The fourth-order valence-corrected chi connectivity index (χ4v) is 1.51. The molecule has 0 heterocycles. The molecular weight excluding hydrogens is 277 g/mol. The molecule has 16 heavy (non-hydrogen) atoms. The van der Waals surface area contributed by atoms with Crippen LogP contribution in [0.3, 0.4) is 0 Å². The summed E-state index contributed by atoms with van der Waals surface area (Å²) in [6.07, 6.45) is 0. The molecular formula is C11H13BrFNO2. The van der Waals surface area contributed by atoms with Crippen LogP contribution in [0.4, 0.5) is 4.39 Å². The lowest BCUT2D eigenvalue weighted by molar-refractivity contribution is -0.119. The molecule has 0 aromatic heterocycles. The van der Waals surface area contributed by atoms with Crippen LogP contribution in [-0.2, 0) is 4.79 Å². The van der Waals surface area contributed by atoms with Crippen LogP contribution >= 0.6 is 15.9 Å². The molecule has 1 aromatic carbocycles. The van der Waals surface area contributed by atoms with Crippen LogP contribution in [0.1, 0.15) is 18.5 Å². The molecule has 0 unspecified atom stereocenters. The number of benzene rings is 1. The molecule has 0 aliphatic rings. The van der Waals surface area contributed by atoms with Gasteiger partial charge >= 0.3 is 0 Å². The highest BCUT2D eigenvalue weighted by Crippen LogP contribution is 2.21. The Morgan fingerprint density at radius 3 is 2.81 bits per heavy atom. The van der Waals surface area contributed by atoms with Crippen molar-refractivity contribution in [1.82, 2.24) is 5.32 Å². The van der Waals surface area contributed by atoms with E-state index in [1.165, 1.54) is 13.2 Å². The Labute approximate surface area is 102 Å². The van der Waals surface area contributed by atoms with Gasteiger partial charge in [0.2, 0.25) is 5.91 Å². The van der Waals surface area contributed by atoms with Crippen molar-refractivity contribution in [2.24, 2.45) is 0 Å².